The second kappa shape index (κ2) is 10.9. The van der Waals surface area contributed by atoms with Gasteiger partial charge in [-0.25, -0.2) is 4.79 Å². The maximum Gasteiger partial charge on any atom is 0.319 e. The highest BCUT2D eigenvalue weighted by Crippen LogP contribution is 2.29. The average molecular weight is 468 g/mol. The van der Waals surface area contributed by atoms with Crippen LogP contribution in [0.5, 0.6) is 5.75 Å². The monoisotopic (exact) mass is 467 g/mol. The molecule has 0 spiro atoms. The maximum absolute atomic E-state index is 13.0. The molecule has 9 heteroatoms. The van der Waals surface area contributed by atoms with E-state index in [2.05, 4.69) is 26.1 Å². The second-order valence-corrected chi connectivity index (χ2v) is 8.87. The number of methoxy groups -OCH3 is 1. The van der Waals surface area contributed by atoms with Crippen LogP contribution < -0.4 is 20.7 Å². The first kappa shape index (κ1) is 24.2. The molecule has 0 radical (unpaired) electrons. The number of aryl methyl sites for hydroxylation is 2. The maximum atomic E-state index is 13.0. The molecule has 3 aromatic rings. The van der Waals surface area contributed by atoms with E-state index in [0.29, 0.717) is 28.0 Å². The van der Waals surface area contributed by atoms with Gasteiger partial charge in [-0.15, -0.1) is 10.2 Å². The van der Waals surface area contributed by atoms with Crippen molar-refractivity contribution < 1.29 is 14.3 Å². The number of carbonyl (C=O) groups excluding carboxylic acids is 2. The van der Waals surface area contributed by atoms with Crippen LogP contribution in [0, 0.1) is 19.8 Å². The Morgan fingerprint density at radius 2 is 1.85 bits per heavy atom. The zero-order valence-electron chi connectivity index (χ0n) is 19.4. The van der Waals surface area contributed by atoms with E-state index in [1.54, 1.807) is 7.11 Å². The second-order valence-electron chi connectivity index (χ2n) is 7.89. The molecule has 0 saturated heterocycles. The molecule has 0 bridgehead atoms. The number of anilines is 2. The van der Waals surface area contributed by atoms with Crippen LogP contribution in [0.15, 0.2) is 42.5 Å². The Morgan fingerprint density at radius 3 is 2.55 bits per heavy atom. The van der Waals surface area contributed by atoms with E-state index in [4.69, 9.17) is 4.74 Å². The lowest BCUT2D eigenvalue weighted by molar-refractivity contribution is -0.119. The number of nitrogens with one attached hydrogen (secondary N) is 3. The van der Waals surface area contributed by atoms with Crippen molar-refractivity contribution in [3.05, 3.63) is 53.6 Å². The van der Waals surface area contributed by atoms with Gasteiger partial charge in [0.2, 0.25) is 11.0 Å². The molecule has 0 aliphatic heterocycles. The predicted octanol–water partition coefficient (Wildman–Crippen LogP) is 5.01. The Kier molecular flexibility index (Phi) is 8.00. The lowest BCUT2D eigenvalue weighted by Gasteiger charge is -2.23. The van der Waals surface area contributed by atoms with Gasteiger partial charge in [-0.05, 0) is 55.2 Å². The first-order valence-corrected chi connectivity index (χ1v) is 11.6. The zero-order chi connectivity index (χ0) is 24.0. The summed E-state index contributed by atoms with van der Waals surface area (Å²) in [5, 5.41) is 17.7. The summed E-state index contributed by atoms with van der Waals surface area (Å²) < 4.78 is 5.25. The van der Waals surface area contributed by atoms with Gasteiger partial charge in [-0.2, -0.15) is 0 Å². The number of urea groups is 1. The van der Waals surface area contributed by atoms with Crippen LogP contribution in [-0.4, -0.2) is 35.3 Å². The molecule has 0 aliphatic rings. The van der Waals surface area contributed by atoms with Gasteiger partial charge in [0.05, 0.1) is 7.11 Å². The third-order valence-electron chi connectivity index (χ3n) is 5.52. The Morgan fingerprint density at radius 1 is 1.06 bits per heavy atom. The van der Waals surface area contributed by atoms with E-state index in [-0.39, 0.29) is 11.8 Å². The molecule has 0 aliphatic carbocycles. The lowest BCUT2D eigenvalue weighted by Crippen LogP contribution is -2.49. The SMILES string of the molecule is CCC(C)C(NC(=O)Nc1ccc(C)c(C)c1)C(=O)Nc1nnc(-c2cccc(OC)c2)s1. The number of hydrogen-bond acceptors (Lipinski definition) is 6. The van der Waals surface area contributed by atoms with Gasteiger partial charge in [0.1, 0.15) is 16.8 Å². The Hall–Kier alpha value is -3.46. The highest BCUT2D eigenvalue weighted by Gasteiger charge is 2.27. The molecule has 3 rings (SSSR count). The topological polar surface area (TPSA) is 105 Å². The summed E-state index contributed by atoms with van der Waals surface area (Å²) >= 11 is 1.26. The smallest absolute Gasteiger partial charge is 0.319 e. The van der Waals surface area contributed by atoms with Crippen molar-refractivity contribution in [3.8, 4) is 16.3 Å². The average Bonchev–Trinajstić information content (AvgIpc) is 3.27. The molecule has 0 fully saturated rings. The normalized spacial score (nSPS) is 12.5. The van der Waals surface area contributed by atoms with Gasteiger partial charge >= 0.3 is 6.03 Å². The molecule has 33 heavy (non-hydrogen) atoms. The van der Waals surface area contributed by atoms with Crippen molar-refractivity contribution >= 4 is 34.1 Å². The zero-order valence-corrected chi connectivity index (χ0v) is 20.2. The summed E-state index contributed by atoms with van der Waals surface area (Å²) in [6, 6.07) is 12.0. The molecule has 2 aromatic carbocycles. The number of aromatic nitrogens is 2. The molecule has 1 aromatic heterocycles. The molecule has 2 unspecified atom stereocenters. The molecule has 3 amide bonds. The molecule has 3 N–H and O–H groups in total. The highest BCUT2D eigenvalue weighted by atomic mass is 32.1. The minimum Gasteiger partial charge on any atom is -0.497 e. The summed E-state index contributed by atoms with van der Waals surface area (Å²) in [5.74, 6) is 0.290. The van der Waals surface area contributed by atoms with Crippen LogP contribution in [0.1, 0.15) is 31.4 Å². The number of amides is 3. The molecular weight excluding hydrogens is 438 g/mol. The first-order chi connectivity index (χ1) is 15.8. The van der Waals surface area contributed by atoms with Gasteiger partial charge in [-0.3, -0.25) is 10.1 Å². The van der Waals surface area contributed by atoms with Gasteiger partial charge in [0, 0.05) is 11.3 Å². The summed E-state index contributed by atoms with van der Waals surface area (Å²) in [5.41, 5.74) is 3.73. The summed E-state index contributed by atoms with van der Waals surface area (Å²) in [7, 11) is 1.60. The standard InChI is InChI=1S/C24H29N5O3S/c1-6-14(2)20(26-23(31)25-18-11-10-15(3)16(4)12-18)21(30)27-24-29-28-22(33-24)17-8-7-9-19(13-17)32-5/h7-14,20H,6H2,1-5H3,(H2,25,26,31)(H,27,29,30). The Labute approximate surface area is 197 Å². The van der Waals surface area contributed by atoms with E-state index in [0.717, 1.165) is 16.7 Å². The number of carbonyl (C=O) groups is 2. The van der Waals surface area contributed by atoms with E-state index < -0.39 is 12.1 Å². The van der Waals surface area contributed by atoms with Gasteiger partial charge < -0.3 is 15.4 Å². The third kappa shape index (κ3) is 6.29. The number of benzene rings is 2. The van der Waals surface area contributed by atoms with Gasteiger partial charge in [0.25, 0.3) is 0 Å². The Bertz CT molecular complexity index is 1130. The van der Waals surface area contributed by atoms with Crippen LogP contribution in [-0.2, 0) is 4.79 Å². The van der Waals surface area contributed by atoms with Crippen molar-refractivity contribution in [2.24, 2.45) is 5.92 Å². The van der Waals surface area contributed by atoms with Crippen LogP contribution in [0.4, 0.5) is 15.6 Å². The van der Waals surface area contributed by atoms with Crippen LogP contribution in [0.3, 0.4) is 0 Å². The summed E-state index contributed by atoms with van der Waals surface area (Å²) in [4.78, 5) is 25.6. The van der Waals surface area contributed by atoms with Crippen molar-refractivity contribution in [3.63, 3.8) is 0 Å². The molecule has 174 valence electrons. The number of rotatable bonds is 8. The number of nitrogens with zero attached hydrogens (tertiary/aromatic N) is 2. The fraction of sp³-hybridized carbons (Fsp3) is 0.333. The number of hydrogen-bond donors (Lipinski definition) is 3. The third-order valence-corrected chi connectivity index (χ3v) is 6.41. The summed E-state index contributed by atoms with van der Waals surface area (Å²) in [6.45, 7) is 7.88. The van der Waals surface area contributed by atoms with Gasteiger partial charge in [0.15, 0.2) is 0 Å². The molecule has 1 heterocycles. The Balaban J connectivity index is 1.68. The van der Waals surface area contributed by atoms with E-state index >= 15 is 0 Å². The lowest BCUT2D eigenvalue weighted by atomic mass is 9.98. The minimum atomic E-state index is -0.731. The quantitative estimate of drug-likeness (QED) is 0.432. The van der Waals surface area contributed by atoms with Crippen molar-refractivity contribution in [2.45, 2.75) is 40.2 Å². The summed E-state index contributed by atoms with van der Waals surface area (Å²) in [6.07, 6.45) is 0.715. The highest BCUT2D eigenvalue weighted by molar-refractivity contribution is 7.18. The van der Waals surface area contributed by atoms with Crippen molar-refractivity contribution in [2.75, 3.05) is 17.7 Å². The van der Waals surface area contributed by atoms with E-state index in [1.807, 2.05) is 70.2 Å². The predicted molar refractivity (Wildman–Crippen MR) is 132 cm³/mol. The van der Waals surface area contributed by atoms with Gasteiger partial charge in [-0.1, -0.05) is 49.8 Å². The van der Waals surface area contributed by atoms with Crippen molar-refractivity contribution in [1.82, 2.24) is 15.5 Å². The van der Waals surface area contributed by atoms with Crippen molar-refractivity contribution in [1.29, 1.82) is 0 Å². The molecule has 0 saturated carbocycles. The fourth-order valence-electron chi connectivity index (χ4n) is 3.16. The van der Waals surface area contributed by atoms with Crippen LogP contribution in [0.25, 0.3) is 10.6 Å². The fourth-order valence-corrected chi connectivity index (χ4v) is 3.90. The molecular formula is C24H29N5O3S. The number of ether oxygens (including phenoxy) is 1. The van der Waals surface area contributed by atoms with Crippen LogP contribution in [0.2, 0.25) is 0 Å². The molecule has 8 nitrogen and oxygen atoms in total. The first-order valence-electron chi connectivity index (χ1n) is 10.7. The van der Waals surface area contributed by atoms with E-state index in [9.17, 15) is 9.59 Å². The van der Waals surface area contributed by atoms with E-state index in [1.165, 1.54) is 11.3 Å². The molecule has 2 atom stereocenters. The minimum absolute atomic E-state index is 0.0821. The van der Waals surface area contributed by atoms with Crippen LogP contribution >= 0.6 is 11.3 Å². The largest absolute Gasteiger partial charge is 0.497 e.